The molecule has 0 radical (unpaired) electrons. The number of nitrogens with zero attached hydrogens (tertiary/aromatic N) is 6. The topological polar surface area (TPSA) is 107 Å². The number of hydrogen-bond donors (Lipinski definition) is 1. The normalized spacial score (nSPS) is 10.9. The summed E-state index contributed by atoms with van der Waals surface area (Å²) >= 11 is 0. The van der Waals surface area contributed by atoms with Crippen molar-refractivity contribution < 1.29 is 4.79 Å². The highest BCUT2D eigenvalue weighted by Crippen LogP contribution is 2.20. The van der Waals surface area contributed by atoms with E-state index in [0.717, 1.165) is 15.9 Å². The molecular weight excluding hydrogens is 346 g/mol. The van der Waals surface area contributed by atoms with Crippen molar-refractivity contribution in [3.05, 3.63) is 70.4 Å². The van der Waals surface area contributed by atoms with E-state index in [1.165, 1.54) is 19.2 Å². The minimum atomic E-state index is -0.391. The number of hydrogen-bond acceptors (Lipinski definition) is 6. The monoisotopic (exact) mass is 361 g/mol. The molecule has 1 N–H and O–H groups in total. The number of benzene rings is 1. The largest absolute Gasteiger partial charge is 0.321 e. The van der Waals surface area contributed by atoms with Crippen LogP contribution in [0.3, 0.4) is 0 Å². The van der Waals surface area contributed by atoms with Crippen molar-refractivity contribution in [1.82, 2.24) is 29.6 Å². The molecule has 9 heteroatoms. The van der Waals surface area contributed by atoms with E-state index in [0.29, 0.717) is 17.2 Å². The average molecular weight is 361 g/mol. The van der Waals surface area contributed by atoms with Gasteiger partial charge in [0.1, 0.15) is 5.69 Å². The summed E-state index contributed by atoms with van der Waals surface area (Å²) in [6.45, 7) is 1.84. The average Bonchev–Trinajstić information content (AvgIpc) is 3.05. The zero-order valence-electron chi connectivity index (χ0n) is 14.6. The molecule has 0 atom stereocenters. The lowest BCUT2D eigenvalue weighted by Crippen LogP contribution is -2.23. The first-order valence-electron chi connectivity index (χ1n) is 8.16. The van der Waals surface area contributed by atoms with Gasteiger partial charge in [0.05, 0.1) is 5.69 Å². The molecule has 0 unspecified atom stereocenters. The van der Waals surface area contributed by atoms with Crippen molar-refractivity contribution in [3.8, 4) is 11.3 Å². The van der Waals surface area contributed by atoms with Gasteiger partial charge in [-0.2, -0.15) is 14.7 Å². The van der Waals surface area contributed by atoms with Gasteiger partial charge < -0.3 is 5.32 Å². The van der Waals surface area contributed by atoms with E-state index in [-0.39, 0.29) is 11.3 Å². The molecule has 0 fully saturated rings. The van der Waals surface area contributed by atoms with E-state index >= 15 is 0 Å². The molecule has 134 valence electrons. The molecule has 1 amide bonds. The molecule has 4 rings (SSSR count). The van der Waals surface area contributed by atoms with Gasteiger partial charge in [-0.15, -0.1) is 10.2 Å². The van der Waals surface area contributed by atoms with Crippen molar-refractivity contribution >= 4 is 17.2 Å². The Bertz CT molecular complexity index is 1210. The van der Waals surface area contributed by atoms with Gasteiger partial charge in [0.2, 0.25) is 0 Å². The van der Waals surface area contributed by atoms with Crippen molar-refractivity contribution in [2.45, 2.75) is 6.92 Å². The smallest absolute Gasteiger partial charge is 0.276 e. The van der Waals surface area contributed by atoms with Crippen LogP contribution in [0.15, 0.2) is 53.3 Å². The minimum absolute atomic E-state index is 0.163. The maximum Gasteiger partial charge on any atom is 0.276 e. The van der Waals surface area contributed by atoms with Gasteiger partial charge in [0, 0.05) is 24.4 Å². The maximum absolute atomic E-state index is 12.3. The molecule has 0 saturated carbocycles. The molecule has 27 heavy (non-hydrogen) atoms. The Morgan fingerprint density at radius 3 is 2.48 bits per heavy atom. The summed E-state index contributed by atoms with van der Waals surface area (Å²) < 4.78 is 2.79. The Balaban J connectivity index is 1.55. The molecule has 9 nitrogen and oxygen atoms in total. The second kappa shape index (κ2) is 6.45. The summed E-state index contributed by atoms with van der Waals surface area (Å²) in [5, 5.41) is 19.2. The molecule has 0 spiro atoms. The van der Waals surface area contributed by atoms with Gasteiger partial charge in [-0.25, -0.2) is 4.68 Å². The summed E-state index contributed by atoms with van der Waals surface area (Å²) in [6.07, 6.45) is 0. The van der Waals surface area contributed by atoms with Crippen LogP contribution in [-0.2, 0) is 7.05 Å². The molecule has 1 aromatic carbocycles. The van der Waals surface area contributed by atoms with Crippen molar-refractivity contribution in [2.75, 3.05) is 5.32 Å². The Hall–Kier alpha value is -3.88. The Kier molecular flexibility index (Phi) is 3.96. The van der Waals surface area contributed by atoms with Crippen LogP contribution in [0.25, 0.3) is 16.9 Å². The second-order valence-electron chi connectivity index (χ2n) is 5.95. The SMILES string of the molecule is Cc1nnc2ccc(-c3ccc(NC(=O)c4ccc(=O)n(C)n4)cc3)nn12. The van der Waals surface area contributed by atoms with Crippen LogP contribution >= 0.6 is 0 Å². The first-order valence-corrected chi connectivity index (χ1v) is 8.16. The van der Waals surface area contributed by atoms with E-state index < -0.39 is 5.91 Å². The molecule has 0 bridgehead atoms. The third kappa shape index (κ3) is 3.17. The molecule has 3 heterocycles. The molecule has 0 saturated heterocycles. The number of amides is 1. The summed E-state index contributed by atoms with van der Waals surface area (Å²) in [6, 6.07) is 13.7. The lowest BCUT2D eigenvalue weighted by atomic mass is 10.1. The zero-order valence-corrected chi connectivity index (χ0v) is 14.6. The van der Waals surface area contributed by atoms with Crippen molar-refractivity contribution in [3.63, 3.8) is 0 Å². The fraction of sp³-hybridized carbons (Fsp3) is 0.111. The Morgan fingerprint density at radius 2 is 1.74 bits per heavy atom. The predicted octanol–water partition coefficient (Wildman–Crippen LogP) is 1.45. The number of nitrogens with one attached hydrogen (secondary N) is 1. The van der Waals surface area contributed by atoms with Gasteiger partial charge >= 0.3 is 0 Å². The lowest BCUT2D eigenvalue weighted by Gasteiger charge is -2.07. The third-order valence-electron chi connectivity index (χ3n) is 4.05. The fourth-order valence-electron chi connectivity index (χ4n) is 2.59. The number of carbonyl (C=O) groups excluding carboxylic acids is 1. The lowest BCUT2D eigenvalue weighted by molar-refractivity contribution is 0.102. The van der Waals surface area contributed by atoms with Crippen LogP contribution in [0.1, 0.15) is 16.3 Å². The highest BCUT2D eigenvalue weighted by molar-refractivity contribution is 6.02. The number of aryl methyl sites for hydroxylation is 2. The van der Waals surface area contributed by atoms with Crippen molar-refractivity contribution in [2.24, 2.45) is 7.05 Å². The summed E-state index contributed by atoms with van der Waals surface area (Å²) in [5.41, 5.74) is 2.84. The van der Waals surface area contributed by atoms with Crippen LogP contribution in [0.5, 0.6) is 0 Å². The van der Waals surface area contributed by atoms with Crippen molar-refractivity contribution in [1.29, 1.82) is 0 Å². The molecule has 0 aliphatic rings. The van der Waals surface area contributed by atoms with Gasteiger partial charge in [0.15, 0.2) is 11.5 Å². The van der Waals surface area contributed by atoms with Crippen LogP contribution in [0.4, 0.5) is 5.69 Å². The molecule has 0 aliphatic heterocycles. The summed E-state index contributed by atoms with van der Waals surface area (Å²) in [4.78, 5) is 23.6. The fourth-order valence-corrected chi connectivity index (χ4v) is 2.59. The molecule has 4 aromatic rings. The highest BCUT2D eigenvalue weighted by atomic mass is 16.2. The first-order chi connectivity index (χ1) is 13.0. The van der Waals surface area contributed by atoms with Crippen LogP contribution in [0.2, 0.25) is 0 Å². The summed E-state index contributed by atoms with van der Waals surface area (Å²) in [5.74, 6) is 0.318. The highest BCUT2D eigenvalue weighted by Gasteiger charge is 2.10. The number of rotatable bonds is 3. The maximum atomic E-state index is 12.3. The van der Waals surface area contributed by atoms with E-state index in [4.69, 9.17) is 0 Å². The van der Waals surface area contributed by atoms with E-state index in [9.17, 15) is 9.59 Å². The zero-order chi connectivity index (χ0) is 19.0. The number of aromatic nitrogens is 6. The van der Waals surface area contributed by atoms with E-state index in [1.54, 1.807) is 16.6 Å². The van der Waals surface area contributed by atoms with E-state index in [2.05, 4.69) is 25.7 Å². The first kappa shape index (κ1) is 16.6. The number of anilines is 1. The third-order valence-corrected chi connectivity index (χ3v) is 4.05. The standard InChI is InChI=1S/C18H15N7O2/c1-11-20-21-16-9-7-14(23-25(11)16)12-3-5-13(6-4-12)19-18(27)15-8-10-17(26)24(2)22-15/h3-10H,1-2H3,(H,19,27). The van der Waals surface area contributed by atoms with Crippen LogP contribution in [0, 0.1) is 6.92 Å². The number of fused-ring (bicyclic) bond motifs is 1. The number of carbonyl (C=O) groups is 1. The quantitative estimate of drug-likeness (QED) is 0.592. The molecule has 0 aliphatic carbocycles. The van der Waals surface area contributed by atoms with Gasteiger partial charge in [-0.3, -0.25) is 9.59 Å². The van der Waals surface area contributed by atoms with Gasteiger partial charge in [0.25, 0.3) is 11.5 Å². The van der Waals surface area contributed by atoms with Gasteiger partial charge in [-0.1, -0.05) is 12.1 Å². The Morgan fingerprint density at radius 1 is 0.963 bits per heavy atom. The molecule has 3 aromatic heterocycles. The second-order valence-corrected chi connectivity index (χ2v) is 5.95. The Labute approximate surface area is 153 Å². The van der Waals surface area contributed by atoms with Crippen LogP contribution in [-0.4, -0.2) is 35.5 Å². The minimum Gasteiger partial charge on any atom is -0.321 e. The summed E-state index contributed by atoms with van der Waals surface area (Å²) in [7, 11) is 1.50. The van der Waals surface area contributed by atoms with Gasteiger partial charge in [-0.05, 0) is 37.3 Å². The predicted molar refractivity (Wildman–Crippen MR) is 98.4 cm³/mol. The molecular formula is C18H15N7O2. The van der Waals surface area contributed by atoms with E-state index in [1.807, 2.05) is 31.2 Å². The van der Waals surface area contributed by atoms with Crippen LogP contribution < -0.4 is 10.9 Å².